The molecule has 3 N–H and O–H groups in total. The van der Waals surface area contributed by atoms with Crippen LogP contribution in [0.2, 0.25) is 0 Å². The summed E-state index contributed by atoms with van der Waals surface area (Å²) in [6, 6.07) is 1.16. The van der Waals surface area contributed by atoms with Crippen molar-refractivity contribution in [3.05, 3.63) is 0 Å². The highest BCUT2D eigenvalue weighted by Crippen LogP contribution is 2.07. The van der Waals surface area contributed by atoms with Crippen LogP contribution in [0.15, 0.2) is 0 Å². The Balaban J connectivity index is 3.59. The molecule has 74 valence electrons. The molecule has 2 heteroatoms. The van der Waals surface area contributed by atoms with E-state index in [4.69, 9.17) is 5.73 Å². The third-order valence-corrected chi connectivity index (χ3v) is 2.64. The monoisotopic (exact) mass is 172 g/mol. The number of nitrogens with two attached hydrogens (primary N) is 1. The van der Waals surface area contributed by atoms with Gasteiger partial charge in [-0.1, -0.05) is 20.3 Å². The maximum Gasteiger partial charge on any atom is 0.00667 e. The predicted octanol–water partition coefficient (Wildman–Crippen LogP) is 1.75. The average Bonchev–Trinajstić information content (AvgIpc) is 2.03. The first-order chi connectivity index (χ1) is 5.61. The lowest BCUT2D eigenvalue weighted by Gasteiger charge is -2.24. The molecule has 0 aliphatic heterocycles. The van der Waals surface area contributed by atoms with Gasteiger partial charge in [-0.3, -0.25) is 0 Å². The van der Waals surface area contributed by atoms with Gasteiger partial charge in [0.05, 0.1) is 0 Å². The minimum atomic E-state index is 0.555. The molecular weight excluding hydrogens is 148 g/mol. The van der Waals surface area contributed by atoms with Crippen molar-refractivity contribution in [3.8, 4) is 0 Å². The summed E-state index contributed by atoms with van der Waals surface area (Å²) in [7, 11) is 0. The number of nitrogens with one attached hydrogen (secondary N) is 1. The Morgan fingerprint density at radius 2 is 1.83 bits per heavy atom. The van der Waals surface area contributed by atoms with Gasteiger partial charge < -0.3 is 11.1 Å². The van der Waals surface area contributed by atoms with Crippen molar-refractivity contribution in [2.45, 2.75) is 52.6 Å². The van der Waals surface area contributed by atoms with Crippen LogP contribution in [0.5, 0.6) is 0 Å². The molecule has 3 atom stereocenters. The third kappa shape index (κ3) is 4.73. The van der Waals surface area contributed by atoms with Gasteiger partial charge in [0.2, 0.25) is 0 Å². The van der Waals surface area contributed by atoms with Crippen LogP contribution in [0.1, 0.15) is 40.5 Å². The highest BCUT2D eigenvalue weighted by Gasteiger charge is 2.11. The topological polar surface area (TPSA) is 38.0 Å². The third-order valence-electron chi connectivity index (χ3n) is 2.64. The van der Waals surface area contributed by atoms with E-state index in [9.17, 15) is 0 Å². The Bertz CT molecular complexity index is 104. The van der Waals surface area contributed by atoms with Gasteiger partial charge in [-0.15, -0.1) is 0 Å². The zero-order chi connectivity index (χ0) is 9.56. The summed E-state index contributed by atoms with van der Waals surface area (Å²) in [6.07, 6.45) is 2.31. The van der Waals surface area contributed by atoms with Gasteiger partial charge in [0.15, 0.2) is 0 Å². The summed E-state index contributed by atoms with van der Waals surface area (Å²) < 4.78 is 0. The van der Waals surface area contributed by atoms with Crippen molar-refractivity contribution < 1.29 is 0 Å². The standard InChI is InChI=1S/C10H24N2/c1-5-8(2)10(4)12-9(3)6-7-11/h8-10,12H,5-7,11H2,1-4H3. The Morgan fingerprint density at radius 1 is 1.25 bits per heavy atom. The highest BCUT2D eigenvalue weighted by molar-refractivity contribution is 4.71. The molecule has 0 aromatic heterocycles. The van der Waals surface area contributed by atoms with Crippen molar-refractivity contribution in [1.29, 1.82) is 0 Å². The fourth-order valence-corrected chi connectivity index (χ4v) is 1.30. The molecule has 0 heterocycles. The molecule has 0 amide bonds. The van der Waals surface area contributed by atoms with Crippen molar-refractivity contribution in [3.63, 3.8) is 0 Å². The normalized spacial score (nSPS) is 18.8. The number of hydrogen-bond acceptors (Lipinski definition) is 2. The Kier molecular flexibility index (Phi) is 6.39. The molecule has 3 unspecified atom stereocenters. The van der Waals surface area contributed by atoms with E-state index >= 15 is 0 Å². The SMILES string of the molecule is CCC(C)C(C)NC(C)CCN. The lowest BCUT2D eigenvalue weighted by Crippen LogP contribution is -2.39. The Hall–Kier alpha value is -0.0800. The van der Waals surface area contributed by atoms with Crippen molar-refractivity contribution >= 4 is 0 Å². The number of rotatable bonds is 6. The lowest BCUT2D eigenvalue weighted by molar-refractivity contribution is 0.350. The number of hydrogen-bond donors (Lipinski definition) is 2. The molecule has 0 aromatic rings. The summed E-state index contributed by atoms with van der Waals surface area (Å²) in [5.41, 5.74) is 5.47. The van der Waals surface area contributed by atoms with E-state index in [1.54, 1.807) is 0 Å². The molecular formula is C10H24N2. The van der Waals surface area contributed by atoms with E-state index in [1.165, 1.54) is 6.42 Å². The first kappa shape index (κ1) is 11.9. The first-order valence-corrected chi connectivity index (χ1v) is 5.07. The molecule has 0 fully saturated rings. The molecule has 0 rings (SSSR count). The highest BCUT2D eigenvalue weighted by atomic mass is 14.9. The van der Waals surface area contributed by atoms with E-state index < -0.39 is 0 Å². The molecule has 0 saturated carbocycles. The van der Waals surface area contributed by atoms with Crippen molar-refractivity contribution in [2.24, 2.45) is 11.7 Å². The second kappa shape index (κ2) is 6.44. The van der Waals surface area contributed by atoms with E-state index in [0.29, 0.717) is 12.1 Å². The van der Waals surface area contributed by atoms with Crippen LogP contribution >= 0.6 is 0 Å². The summed E-state index contributed by atoms with van der Waals surface area (Å²) in [5.74, 6) is 0.755. The molecule has 12 heavy (non-hydrogen) atoms. The molecule has 0 bridgehead atoms. The Labute approximate surface area is 76.9 Å². The zero-order valence-corrected chi connectivity index (χ0v) is 8.93. The molecule has 0 aliphatic carbocycles. The lowest BCUT2D eigenvalue weighted by atomic mass is 10.00. The molecule has 0 saturated heterocycles. The quantitative estimate of drug-likeness (QED) is 0.640. The van der Waals surface area contributed by atoms with Gasteiger partial charge in [-0.25, -0.2) is 0 Å². The van der Waals surface area contributed by atoms with Crippen LogP contribution in [-0.2, 0) is 0 Å². The fourth-order valence-electron chi connectivity index (χ4n) is 1.30. The fraction of sp³-hybridized carbons (Fsp3) is 1.00. The van der Waals surface area contributed by atoms with Crippen LogP contribution in [0.3, 0.4) is 0 Å². The second-order valence-electron chi connectivity index (χ2n) is 3.82. The predicted molar refractivity (Wildman–Crippen MR) is 55.2 cm³/mol. The maximum atomic E-state index is 5.47. The second-order valence-corrected chi connectivity index (χ2v) is 3.82. The summed E-state index contributed by atoms with van der Waals surface area (Å²) in [6.45, 7) is 9.75. The molecule has 0 spiro atoms. The average molecular weight is 172 g/mol. The largest absolute Gasteiger partial charge is 0.330 e. The van der Waals surface area contributed by atoms with Gasteiger partial charge in [-0.05, 0) is 32.7 Å². The minimum absolute atomic E-state index is 0.555. The maximum absolute atomic E-state index is 5.47. The van der Waals surface area contributed by atoms with Crippen LogP contribution in [0, 0.1) is 5.92 Å². The van der Waals surface area contributed by atoms with Crippen LogP contribution in [-0.4, -0.2) is 18.6 Å². The van der Waals surface area contributed by atoms with Gasteiger partial charge in [0.1, 0.15) is 0 Å². The van der Waals surface area contributed by atoms with Gasteiger partial charge in [0, 0.05) is 12.1 Å². The van der Waals surface area contributed by atoms with E-state index in [2.05, 4.69) is 33.0 Å². The molecule has 2 nitrogen and oxygen atoms in total. The molecule has 0 radical (unpaired) electrons. The van der Waals surface area contributed by atoms with Crippen molar-refractivity contribution in [1.82, 2.24) is 5.32 Å². The van der Waals surface area contributed by atoms with Gasteiger partial charge in [-0.2, -0.15) is 0 Å². The molecule has 0 aliphatic rings. The van der Waals surface area contributed by atoms with Crippen molar-refractivity contribution in [2.75, 3.05) is 6.54 Å². The van der Waals surface area contributed by atoms with Crippen LogP contribution in [0.25, 0.3) is 0 Å². The summed E-state index contributed by atoms with van der Waals surface area (Å²) in [5, 5.41) is 3.55. The summed E-state index contributed by atoms with van der Waals surface area (Å²) >= 11 is 0. The summed E-state index contributed by atoms with van der Waals surface area (Å²) in [4.78, 5) is 0. The van der Waals surface area contributed by atoms with Crippen LogP contribution < -0.4 is 11.1 Å². The van der Waals surface area contributed by atoms with E-state index in [1.807, 2.05) is 0 Å². The Morgan fingerprint density at radius 3 is 2.25 bits per heavy atom. The van der Waals surface area contributed by atoms with Gasteiger partial charge in [0.25, 0.3) is 0 Å². The van der Waals surface area contributed by atoms with Crippen LogP contribution in [0.4, 0.5) is 0 Å². The first-order valence-electron chi connectivity index (χ1n) is 5.07. The molecule has 0 aromatic carbocycles. The van der Waals surface area contributed by atoms with E-state index in [-0.39, 0.29) is 0 Å². The minimum Gasteiger partial charge on any atom is -0.330 e. The van der Waals surface area contributed by atoms with Gasteiger partial charge >= 0.3 is 0 Å². The van der Waals surface area contributed by atoms with E-state index in [0.717, 1.165) is 18.9 Å². The smallest absolute Gasteiger partial charge is 0.00667 e. The zero-order valence-electron chi connectivity index (χ0n) is 8.93.